The summed E-state index contributed by atoms with van der Waals surface area (Å²) in [6.45, 7) is 2.46. The third kappa shape index (κ3) is 1.82. The van der Waals surface area contributed by atoms with E-state index in [1.807, 2.05) is 0 Å². The highest BCUT2D eigenvalue weighted by Gasteiger charge is 2.30. The van der Waals surface area contributed by atoms with Crippen molar-refractivity contribution in [2.24, 2.45) is 0 Å². The zero-order chi connectivity index (χ0) is 9.14. The lowest BCUT2D eigenvalue weighted by Gasteiger charge is -2.13. The Bertz CT molecular complexity index is 203. The van der Waals surface area contributed by atoms with Gasteiger partial charge in [0, 0.05) is 6.54 Å². The molecule has 0 radical (unpaired) electrons. The Morgan fingerprint density at radius 1 is 1.75 bits per heavy atom. The maximum atomic E-state index is 11.4. The molecule has 0 aromatic carbocycles. The molecule has 1 fully saturated rings. The van der Waals surface area contributed by atoms with Crippen LogP contribution in [-0.2, 0) is 9.59 Å². The summed E-state index contributed by atoms with van der Waals surface area (Å²) in [6, 6.07) is -0.0793. The zero-order valence-corrected chi connectivity index (χ0v) is 7.46. The van der Waals surface area contributed by atoms with Gasteiger partial charge in [-0.1, -0.05) is 0 Å². The van der Waals surface area contributed by atoms with Gasteiger partial charge in [0.1, 0.15) is 5.78 Å². The fourth-order valence-electron chi connectivity index (χ4n) is 1.43. The summed E-state index contributed by atoms with van der Waals surface area (Å²) in [5, 5.41) is 2.91. The van der Waals surface area contributed by atoms with E-state index in [1.165, 1.54) is 6.92 Å². The number of hydrogen-bond acceptors (Lipinski definition) is 3. The van der Waals surface area contributed by atoms with Gasteiger partial charge in [-0.15, -0.1) is 0 Å². The van der Waals surface area contributed by atoms with E-state index >= 15 is 0 Å². The Morgan fingerprint density at radius 3 is 2.83 bits per heavy atom. The van der Waals surface area contributed by atoms with Crippen LogP contribution < -0.4 is 5.32 Å². The van der Waals surface area contributed by atoms with Crippen molar-refractivity contribution < 1.29 is 9.59 Å². The Labute approximate surface area is 71.9 Å². The van der Waals surface area contributed by atoms with E-state index in [0.29, 0.717) is 6.54 Å². The van der Waals surface area contributed by atoms with Gasteiger partial charge in [0.2, 0.25) is 5.91 Å². The Morgan fingerprint density at radius 2 is 2.42 bits per heavy atom. The molecule has 0 saturated carbocycles. The van der Waals surface area contributed by atoms with Crippen molar-refractivity contribution in [1.82, 2.24) is 10.2 Å². The predicted molar refractivity (Wildman–Crippen MR) is 44.7 cm³/mol. The fourth-order valence-corrected chi connectivity index (χ4v) is 1.43. The van der Waals surface area contributed by atoms with Crippen LogP contribution in [0.3, 0.4) is 0 Å². The molecule has 0 unspecified atom stereocenters. The van der Waals surface area contributed by atoms with Gasteiger partial charge in [-0.05, 0) is 20.4 Å². The topological polar surface area (TPSA) is 49.4 Å². The maximum Gasteiger partial charge on any atom is 0.240 e. The molecule has 1 aliphatic heterocycles. The monoisotopic (exact) mass is 170 g/mol. The second-order valence-corrected chi connectivity index (χ2v) is 3.09. The minimum Gasteiger partial charge on any atom is -0.334 e. The normalized spacial score (nSPS) is 23.3. The molecule has 1 N–H and O–H groups in total. The Balaban J connectivity index is 2.49. The number of carbonyl (C=O) groups excluding carboxylic acids is 2. The Hall–Kier alpha value is -0.900. The molecule has 4 heteroatoms. The standard InChI is InChI=1S/C8H14N2O2/c1-6(11)5-10-4-3-7(9-2)8(10)12/h7,9H,3-5H2,1-2H3/t7-/m1/s1. The number of likely N-dealkylation sites (N-methyl/N-ethyl adjacent to an activating group) is 1. The molecule has 0 aromatic rings. The molecule has 4 nitrogen and oxygen atoms in total. The van der Waals surface area contributed by atoms with E-state index in [9.17, 15) is 9.59 Å². The minimum absolute atomic E-state index is 0.0418. The van der Waals surface area contributed by atoms with Gasteiger partial charge in [0.25, 0.3) is 0 Å². The number of rotatable bonds is 3. The average molecular weight is 170 g/mol. The van der Waals surface area contributed by atoms with E-state index in [2.05, 4.69) is 5.32 Å². The summed E-state index contributed by atoms with van der Waals surface area (Å²) in [5.74, 6) is 0.0906. The highest BCUT2D eigenvalue weighted by Crippen LogP contribution is 2.09. The lowest BCUT2D eigenvalue weighted by molar-refractivity contribution is -0.132. The molecule has 1 amide bonds. The molecule has 1 rings (SSSR count). The van der Waals surface area contributed by atoms with Gasteiger partial charge in [-0.25, -0.2) is 0 Å². The zero-order valence-electron chi connectivity index (χ0n) is 7.46. The van der Waals surface area contributed by atoms with Gasteiger partial charge in [0.05, 0.1) is 12.6 Å². The van der Waals surface area contributed by atoms with Crippen LogP contribution in [-0.4, -0.2) is 42.8 Å². The molecule has 1 saturated heterocycles. The van der Waals surface area contributed by atoms with Crippen molar-refractivity contribution in [3.63, 3.8) is 0 Å². The Kier molecular flexibility index (Phi) is 2.81. The lowest BCUT2D eigenvalue weighted by atomic mass is 10.3. The first-order valence-corrected chi connectivity index (χ1v) is 4.10. The van der Waals surface area contributed by atoms with Crippen LogP contribution in [0.2, 0.25) is 0 Å². The second-order valence-electron chi connectivity index (χ2n) is 3.09. The molecular formula is C8H14N2O2. The number of ketones is 1. The van der Waals surface area contributed by atoms with Crippen LogP contribution in [0, 0.1) is 0 Å². The molecule has 1 aliphatic rings. The largest absolute Gasteiger partial charge is 0.334 e. The maximum absolute atomic E-state index is 11.4. The van der Waals surface area contributed by atoms with Gasteiger partial charge >= 0.3 is 0 Å². The molecule has 1 heterocycles. The first-order chi connectivity index (χ1) is 5.65. The van der Waals surface area contributed by atoms with Crippen molar-refractivity contribution in [2.45, 2.75) is 19.4 Å². The van der Waals surface area contributed by atoms with E-state index in [0.717, 1.165) is 6.42 Å². The molecule has 12 heavy (non-hydrogen) atoms. The predicted octanol–water partition coefficient (Wildman–Crippen LogP) is -0.604. The van der Waals surface area contributed by atoms with E-state index in [1.54, 1.807) is 11.9 Å². The van der Waals surface area contributed by atoms with E-state index in [-0.39, 0.29) is 24.3 Å². The summed E-state index contributed by atoms with van der Waals surface area (Å²) in [6.07, 6.45) is 0.808. The van der Waals surface area contributed by atoms with Crippen LogP contribution in [0.1, 0.15) is 13.3 Å². The second kappa shape index (κ2) is 3.67. The van der Waals surface area contributed by atoms with E-state index < -0.39 is 0 Å². The number of amides is 1. The summed E-state index contributed by atoms with van der Waals surface area (Å²) in [5.41, 5.74) is 0. The molecular weight excluding hydrogens is 156 g/mol. The van der Waals surface area contributed by atoms with Crippen LogP contribution in [0.4, 0.5) is 0 Å². The van der Waals surface area contributed by atoms with Crippen molar-refractivity contribution >= 4 is 11.7 Å². The molecule has 68 valence electrons. The quantitative estimate of drug-likeness (QED) is 0.615. The highest BCUT2D eigenvalue weighted by atomic mass is 16.2. The van der Waals surface area contributed by atoms with Crippen molar-refractivity contribution in [1.29, 1.82) is 0 Å². The van der Waals surface area contributed by atoms with Gasteiger partial charge < -0.3 is 10.2 Å². The fraction of sp³-hybridized carbons (Fsp3) is 0.750. The van der Waals surface area contributed by atoms with Crippen molar-refractivity contribution in [3.8, 4) is 0 Å². The first-order valence-electron chi connectivity index (χ1n) is 4.10. The van der Waals surface area contributed by atoms with Gasteiger partial charge in [0.15, 0.2) is 0 Å². The number of Topliss-reactive ketones (excluding diaryl/α,β-unsaturated/α-hetero) is 1. The summed E-state index contributed by atoms with van der Waals surface area (Å²) < 4.78 is 0. The van der Waals surface area contributed by atoms with Crippen LogP contribution in [0.5, 0.6) is 0 Å². The lowest BCUT2D eigenvalue weighted by Crippen LogP contribution is -2.38. The third-order valence-corrected chi connectivity index (χ3v) is 2.06. The average Bonchev–Trinajstić information content (AvgIpc) is 2.32. The number of hydrogen-bond donors (Lipinski definition) is 1. The van der Waals surface area contributed by atoms with Crippen LogP contribution in [0.15, 0.2) is 0 Å². The molecule has 0 spiro atoms. The smallest absolute Gasteiger partial charge is 0.240 e. The molecule has 0 bridgehead atoms. The van der Waals surface area contributed by atoms with E-state index in [4.69, 9.17) is 0 Å². The number of likely N-dealkylation sites (tertiary alicyclic amines) is 1. The highest BCUT2D eigenvalue weighted by molar-refractivity contribution is 5.88. The van der Waals surface area contributed by atoms with Gasteiger partial charge in [-0.2, -0.15) is 0 Å². The minimum atomic E-state index is -0.0793. The first kappa shape index (κ1) is 9.19. The third-order valence-electron chi connectivity index (χ3n) is 2.06. The SMILES string of the molecule is CN[C@@H]1CCN(CC(C)=O)C1=O. The molecule has 0 aromatic heterocycles. The van der Waals surface area contributed by atoms with Crippen LogP contribution in [0.25, 0.3) is 0 Å². The van der Waals surface area contributed by atoms with Crippen molar-refractivity contribution in [3.05, 3.63) is 0 Å². The molecule has 1 atom stereocenters. The summed E-state index contributed by atoms with van der Waals surface area (Å²) >= 11 is 0. The van der Waals surface area contributed by atoms with Gasteiger partial charge in [-0.3, -0.25) is 9.59 Å². The number of nitrogens with one attached hydrogen (secondary N) is 1. The van der Waals surface area contributed by atoms with Crippen LogP contribution >= 0.6 is 0 Å². The summed E-state index contributed by atoms with van der Waals surface area (Å²) in [7, 11) is 1.76. The number of nitrogens with zero attached hydrogens (tertiary/aromatic N) is 1. The molecule has 0 aliphatic carbocycles. The summed E-state index contributed by atoms with van der Waals surface area (Å²) in [4.78, 5) is 23.7. The van der Waals surface area contributed by atoms with Crippen molar-refractivity contribution in [2.75, 3.05) is 20.1 Å². The number of carbonyl (C=O) groups is 2.